The maximum Gasteiger partial charge on any atom is 0.260 e. The largest absolute Gasteiger partial charge is 0.308 e. The highest BCUT2D eigenvalue weighted by atomic mass is 35.5. The molecular formula is C24H30Cl2N4O3S2. The molecule has 0 spiro atoms. The second kappa shape index (κ2) is 11.5. The molecule has 1 fully saturated rings. The van der Waals surface area contributed by atoms with Crippen molar-refractivity contribution in [2.75, 3.05) is 45.2 Å². The number of benzene rings is 2. The summed E-state index contributed by atoms with van der Waals surface area (Å²) in [5.41, 5.74) is 1.08. The summed E-state index contributed by atoms with van der Waals surface area (Å²) >= 11 is 7.71. The van der Waals surface area contributed by atoms with Crippen LogP contribution in [0.15, 0.2) is 47.4 Å². The van der Waals surface area contributed by atoms with Gasteiger partial charge in [-0.3, -0.25) is 9.69 Å². The van der Waals surface area contributed by atoms with Gasteiger partial charge in [-0.1, -0.05) is 35.9 Å². The Hall–Kier alpha value is -1.75. The van der Waals surface area contributed by atoms with E-state index in [2.05, 4.69) is 11.9 Å². The second-order valence-corrected chi connectivity index (χ2v) is 12.3. The lowest BCUT2D eigenvalue weighted by Crippen LogP contribution is -2.39. The van der Waals surface area contributed by atoms with Crippen molar-refractivity contribution in [2.24, 2.45) is 5.92 Å². The average molecular weight is 558 g/mol. The average Bonchev–Trinajstić information content (AvgIpc) is 3.24. The van der Waals surface area contributed by atoms with Gasteiger partial charge in [0.15, 0.2) is 5.13 Å². The molecule has 1 aliphatic heterocycles. The molecule has 1 amide bonds. The predicted molar refractivity (Wildman–Crippen MR) is 146 cm³/mol. The Morgan fingerprint density at radius 2 is 1.89 bits per heavy atom. The van der Waals surface area contributed by atoms with E-state index in [4.69, 9.17) is 11.6 Å². The van der Waals surface area contributed by atoms with Crippen molar-refractivity contribution in [3.8, 4) is 0 Å². The zero-order valence-corrected chi connectivity index (χ0v) is 23.2. The summed E-state index contributed by atoms with van der Waals surface area (Å²) in [7, 11) is 0.310. The number of para-hydroxylation sites is 1. The molecule has 190 valence electrons. The van der Waals surface area contributed by atoms with Crippen LogP contribution in [-0.4, -0.2) is 68.8 Å². The van der Waals surface area contributed by atoms with Gasteiger partial charge in [0.25, 0.3) is 5.91 Å². The summed E-state index contributed by atoms with van der Waals surface area (Å²) in [6.07, 6.45) is 1.91. The van der Waals surface area contributed by atoms with E-state index in [1.54, 1.807) is 27.4 Å². The van der Waals surface area contributed by atoms with E-state index in [1.165, 1.54) is 23.5 Å². The first-order chi connectivity index (χ1) is 16.2. The van der Waals surface area contributed by atoms with E-state index in [-0.39, 0.29) is 23.2 Å². The third-order valence-corrected chi connectivity index (χ3v) is 9.19. The number of piperidine rings is 1. The fourth-order valence-electron chi connectivity index (χ4n) is 4.04. The first-order valence-electron chi connectivity index (χ1n) is 11.3. The monoisotopic (exact) mass is 556 g/mol. The van der Waals surface area contributed by atoms with Crippen molar-refractivity contribution in [3.63, 3.8) is 0 Å². The number of amides is 1. The van der Waals surface area contributed by atoms with Gasteiger partial charge in [0, 0.05) is 31.7 Å². The maximum absolute atomic E-state index is 13.5. The molecule has 2 aromatic carbocycles. The molecule has 1 atom stereocenters. The molecule has 1 aromatic heterocycles. The molecule has 0 aliphatic carbocycles. The third-order valence-electron chi connectivity index (χ3n) is 5.96. The molecule has 3 aromatic rings. The van der Waals surface area contributed by atoms with Crippen molar-refractivity contribution < 1.29 is 13.2 Å². The minimum atomic E-state index is -3.58. The van der Waals surface area contributed by atoms with Crippen LogP contribution in [0.3, 0.4) is 0 Å². The van der Waals surface area contributed by atoms with E-state index in [0.717, 1.165) is 17.5 Å². The van der Waals surface area contributed by atoms with Crippen LogP contribution < -0.4 is 4.90 Å². The maximum atomic E-state index is 13.5. The highest BCUT2D eigenvalue weighted by molar-refractivity contribution is 7.89. The fraction of sp³-hybridized carbons (Fsp3) is 0.417. The first kappa shape index (κ1) is 27.8. The Morgan fingerprint density at radius 3 is 2.51 bits per heavy atom. The van der Waals surface area contributed by atoms with Gasteiger partial charge in [0.2, 0.25) is 10.0 Å². The third kappa shape index (κ3) is 6.15. The van der Waals surface area contributed by atoms with Gasteiger partial charge in [-0.2, -0.15) is 4.31 Å². The van der Waals surface area contributed by atoms with E-state index in [1.807, 2.05) is 31.1 Å². The van der Waals surface area contributed by atoms with E-state index < -0.39 is 10.0 Å². The number of rotatable bonds is 7. The van der Waals surface area contributed by atoms with Gasteiger partial charge in [-0.15, -0.1) is 12.4 Å². The van der Waals surface area contributed by atoms with Gasteiger partial charge in [0.1, 0.15) is 5.52 Å². The number of thiazole rings is 1. The van der Waals surface area contributed by atoms with E-state index in [9.17, 15) is 13.2 Å². The van der Waals surface area contributed by atoms with E-state index in [0.29, 0.717) is 53.3 Å². The van der Waals surface area contributed by atoms with Crippen LogP contribution in [0.2, 0.25) is 5.02 Å². The molecule has 0 bridgehead atoms. The Kier molecular flexibility index (Phi) is 9.17. The van der Waals surface area contributed by atoms with Crippen LogP contribution in [0, 0.1) is 5.92 Å². The number of sulfonamides is 1. The molecule has 4 rings (SSSR count). The molecular weight excluding hydrogens is 527 g/mol. The van der Waals surface area contributed by atoms with Crippen LogP contribution in [0.25, 0.3) is 10.2 Å². The minimum absolute atomic E-state index is 0. The summed E-state index contributed by atoms with van der Waals surface area (Å²) in [5, 5.41) is 1.11. The van der Waals surface area contributed by atoms with Gasteiger partial charge < -0.3 is 4.90 Å². The molecule has 2 heterocycles. The van der Waals surface area contributed by atoms with Crippen LogP contribution in [-0.2, 0) is 10.0 Å². The highest BCUT2D eigenvalue weighted by Crippen LogP contribution is 2.33. The van der Waals surface area contributed by atoms with Crippen LogP contribution in [0.1, 0.15) is 30.1 Å². The number of carbonyl (C=O) groups is 1. The molecule has 35 heavy (non-hydrogen) atoms. The number of hydrogen-bond acceptors (Lipinski definition) is 6. The van der Waals surface area contributed by atoms with Crippen molar-refractivity contribution in [1.82, 2.24) is 14.2 Å². The molecule has 0 radical (unpaired) electrons. The second-order valence-electron chi connectivity index (χ2n) is 8.98. The highest BCUT2D eigenvalue weighted by Gasteiger charge is 2.29. The lowest BCUT2D eigenvalue weighted by atomic mass is 10.0. The number of aromatic nitrogens is 1. The predicted octanol–water partition coefficient (Wildman–Crippen LogP) is 5.00. The van der Waals surface area contributed by atoms with Crippen molar-refractivity contribution >= 4 is 66.6 Å². The Labute approximate surface area is 222 Å². The van der Waals surface area contributed by atoms with Crippen LogP contribution >= 0.6 is 35.3 Å². The Balaban J connectivity index is 0.00000342. The Morgan fingerprint density at radius 1 is 1.17 bits per heavy atom. The summed E-state index contributed by atoms with van der Waals surface area (Å²) in [6, 6.07) is 11.8. The molecule has 1 saturated heterocycles. The summed E-state index contributed by atoms with van der Waals surface area (Å²) < 4.78 is 28.6. The lowest BCUT2D eigenvalue weighted by Gasteiger charge is -2.30. The topological polar surface area (TPSA) is 73.8 Å². The number of halogens is 2. The Bertz CT molecular complexity index is 1280. The van der Waals surface area contributed by atoms with Crippen molar-refractivity contribution in [2.45, 2.75) is 24.7 Å². The molecule has 0 N–H and O–H groups in total. The summed E-state index contributed by atoms with van der Waals surface area (Å²) in [4.78, 5) is 22.0. The van der Waals surface area contributed by atoms with Crippen LogP contribution in [0.5, 0.6) is 0 Å². The van der Waals surface area contributed by atoms with Gasteiger partial charge in [-0.25, -0.2) is 13.4 Å². The van der Waals surface area contributed by atoms with Gasteiger partial charge in [-0.05, 0) is 69.3 Å². The molecule has 1 aliphatic rings. The smallest absolute Gasteiger partial charge is 0.260 e. The number of anilines is 1. The van der Waals surface area contributed by atoms with Gasteiger partial charge >= 0.3 is 0 Å². The lowest BCUT2D eigenvalue weighted by molar-refractivity contribution is 0.0985. The quantitative estimate of drug-likeness (QED) is 0.409. The summed E-state index contributed by atoms with van der Waals surface area (Å²) in [5.74, 6) is 0.115. The molecule has 11 heteroatoms. The number of hydrogen-bond donors (Lipinski definition) is 0. The van der Waals surface area contributed by atoms with Crippen LogP contribution in [0.4, 0.5) is 5.13 Å². The molecule has 0 saturated carbocycles. The number of fused-ring (bicyclic) bond motifs is 1. The summed E-state index contributed by atoms with van der Waals surface area (Å²) in [6.45, 7) is 4.22. The number of carbonyl (C=O) groups excluding carboxylic acids is 1. The zero-order chi connectivity index (χ0) is 24.5. The SMILES string of the molecule is CC1CCCN(S(=O)(=O)c2ccc(C(=O)N(CCN(C)C)c3nc4c(Cl)cccc4s3)cc2)C1.Cl. The minimum Gasteiger partial charge on any atom is -0.308 e. The first-order valence-corrected chi connectivity index (χ1v) is 13.9. The number of nitrogens with zero attached hydrogens (tertiary/aromatic N) is 4. The fourth-order valence-corrected chi connectivity index (χ4v) is 6.93. The molecule has 1 unspecified atom stereocenters. The van der Waals surface area contributed by atoms with Gasteiger partial charge in [0.05, 0.1) is 14.6 Å². The van der Waals surface area contributed by atoms with E-state index >= 15 is 0 Å². The standard InChI is InChI=1S/C24H29ClN4O3S2.ClH/c1-17-6-5-13-28(16-17)34(31,32)19-11-9-18(10-12-19)23(30)29(15-14-27(2)3)24-26-22-20(25)7-4-8-21(22)33-24;/h4,7-12,17H,5-6,13-16H2,1-3H3;1H. The molecule has 7 nitrogen and oxygen atoms in total. The van der Waals surface area contributed by atoms with Crippen molar-refractivity contribution in [3.05, 3.63) is 53.1 Å². The zero-order valence-electron chi connectivity index (χ0n) is 20.0. The van der Waals surface area contributed by atoms with Crippen molar-refractivity contribution in [1.29, 1.82) is 0 Å². The normalized spacial score (nSPS) is 16.9. The number of likely N-dealkylation sites (N-methyl/N-ethyl adjacent to an activating group) is 1.